The van der Waals surface area contributed by atoms with Gasteiger partial charge in [-0.15, -0.1) is 0 Å². The van der Waals surface area contributed by atoms with Crippen LogP contribution >= 0.6 is 0 Å². The molecular formula is C10H13NaO4S. The van der Waals surface area contributed by atoms with Gasteiger partial charge in [0.05, 0.1) is 11.5 Å². The number of rotatable bonds is 4. The SMILES string of the molecule is CCOC(=O)CS(=O)(=O)c1ccccc1.[NaH]. The number of sulfone groups is 1. The fourth-order valence-electron chi connectivity index (χ4n) is 1.07. The van der Waals surface area contributed by atoms with Crippen LogP contribution in [-0.4, -0.2) is 56.3 Å². The number of carbonyl (C=O) groups is 1. The minimum absolute atomic E-state index is 0. The first-order valence-electron chi connectivity index (χ1n) is 4.49. The standard InChI is InChI=1S/C10H12O4S.Na.H/c1-2-14-10(11)8-15(12,13)9-6-4-3-5-7-9;;/h3-7H,2,8H2,1H3;;. The molecule has 0 N–H and O–H groups in total. The molecule has 0 fully saturated rings. The number of hydrogen-bond acceptors (Lipinski definition) is 4. The number of benzene rings is 1. The summed E-state index contributed by atoms with van der Waals surface area (Å²) >= 11 is 0. The molecule has 1 aromatic rings. The van der Waals surface area contributed by atoms with E-state index in [1.54, 1.807) is 25.1 Å². The van der Waals surface area contributed by atoms with Crippen LogP contribution in [0.2, 0.25) is 0 Å². The van der Waals surface area contributed by atoms with Crippen LogP contribution in [0.1, 0.15) is 6.92 Å². The third-order valence-corrected chi connectivity index (χ3v) is 3.32. The monoisotopic (exact) mass is 252 g/mol. The second-order valence-corrected chi connectivity index (χ2v) is 4.87. The summed E-state index contributed by atoms with van der Waals surface area (Å²) in [5.41, 5.74) is 0. The molecule has 0 heterocycles. The van der Waals surface area contributed by atoms with Gasteiger partial charge in [-0.25, -0.2) is 8.42 Å². The van der Waals surface area contributed by atoms with Crippen molar-refractivity contribution >= 4 is 45.4 Å². The van der Waals surface area contributed by atoms with Crippen LogP contribution in [0.5, 0.6) is 0 Å². The zero-order chi connectivity index (χ0) is 11.3. The van der Waals surface area contributed by atoms with Crippen LogP contribution in [0, 0.1) is 0 Å². The molecule has 4 nitrogen and oxygen atoms in total. The summed E-state index contributed by atoms with van der Waals surface area (Å²) in [4.78, 5) is 11.2. The summed E-state index contributed by atoms with van der Waals surface area (Å²) in [7, 11) is -3.56. The van der Waals surface area contributed by atoms with Gasteiger partial charge >= 0.3 is 35.5 Å². The van der Waals surface area contributed by atoms with Gasteiger partial charge in [-0.1, -0.05) is 18.2 Å². The molecule has 0 aliphatic rings. The zero-order valence-electron chi connectivity index (χ0n) is 8.34. The van der Waals surface area contributed by atoms with Crippen LogP contribution in [0.4, 0.5) is 0 Å². The van der Waals surface area contributed by atoms with Gasteiger partial charge in [-0.3, -0.25) is 4.79 Å². The summed E-state index contributed by atoms with van der Waals surface area (Å²) in [6.45, 7) is 1.82. The van der Waals surface area contributed by atoms with Gasteiger partial charge in [0, 0.05) is 0 Å². The third kappa shape index (κ3) is 4.65. The summed E-state index contributed by atoms with van der Waals surface area (Å²) in [5.74, 6) is -1.33. The maximum absolute atomic E-state index is 11.6. The van der Waals surface area contributed by atoms with E-state index in [0.717, 1.165) is 0 Å². The van der Waals surface area contributed by atoms with E-state index >= 15 is 0 Å². The molecule has 0 bridgehead atoms. The van der Waals surface area contributed by atoms with Crippen molar-refractivity contribution in [1.82, 2.24) is 0 Å². The summed E-state index contributed by atoms with van der Waals surface area (Å²) in [5, 5.41) is 0. The van der Waals surface area contributed by atoms with E-state index < -0.39 is 21.6 Å². The van der Waals surface area contributed by atoms with Gasteiger partial charge in [-0.2, -0.15) is 0 Å². The quantitative estimate of drug-likeness (QED) is 0.574. The van der Waals surface area contributed by atoms with Gasteiger partial charge < -0.3 is 4.74 Å². The predicted molar refractivity (Wildman–Crippen MR) is 62.3 cm³/mol. The van der Waals surface area contributed by atoms with Gasteiger partial charge in [0.15, 0.2) is 15.6 Å². The summed E-state index contributed by atoms with van der Waals surface area (Å²) in [6, 6.07) is 7.84. The second-order valence-electron chi connectivity index (χ2n) is 2.88. The molecule has 0 unspecified atom stereocenters. The molecule has 1 aromatic carbocycles. The van der Waals surface area contributed by atoms with E-state index in [1.807, 2.05) is 0 Å². The first-order valence-corrected chi connectivity index (χ1v) is 6.15. The molecule has 0 aromatic heterocycles. The van der Waals surface area contributed by atoms with Gasteiger partial charge in [0.25, 0.3) is 0 Å². The Kier molecular flexibility index (Phi) is 6.90. The average Bonchev–Trinajstić information content (AvgIpc) is 2.18. The molecule has 0 amide bonds. The van der Waals surface area contributed by atoms with Crippen molar-refractivity contribution in [2.24, 2.45) is 0 Å². The van der Waals surface area contributed by atoms with Crippen LogP contribution < -0.4 is 0 Å². The molecule has 0 radical (unpaired) electrons. The second kappa shape index (κ2) is 7.06. The Balaban J connectivity index is 0.00000225. The van der Waals surface area contributed by atoms with Crippen LogP contribution in [-0.2, 0) is 19.4 Å². The third-order valence-electron chi connectivity index (χ3n) is 1.72. The Morgan fingerprint density at radius 2 is 1.81 bits per heavy atom. The Morgan fingerprint density at radius 1 is 1.25 bits per heavy atom. The van der Waals surface area contributed by atoms with Crippen LogP contribution in [0.25, 0.3) is 0 Å². The van der Waals surface area contributed by atoms with Crippen molar-refractivity contribution < 1.29 is 17.9 Å². The average molecular weight is 252 g/mol. The van der Waals surface area contributed by atoms with Crippen molar-refractivity contribution in [2.45, 2.75) is 11.8 Å². The predicted octanol–water partition coefficient (Wildman–Crippen LogP) is 0.375. The van der Waals surface area contributed by atoms with Gasteiger partial charge in [-0.05, 0) is 19.1 Å². The van der Waals surface area contributed by atoms with E-state index in [1.165, 1.54) is 12.1 Å². The number of carbonyl (C=O) groups excluding carboxylic acids is 1. The molecule has 0 atom stereocenters. The molecule has 0 spiro atoms. The fraction of sp³-hybridized carbons (Fsp3) is 0.300. The van der Waals surface area contributed by atoms with Crippen molar-refractivity contribution in [3.63, 3.8) is 0 Å². The Bertz CT molecular complexity index is 427. The van der Waals surface area contributed by atoms with E-state index in [-0.39, 0.29) is 41.1 Å². The fourth-order valence-corrected chi connectivity index (χ4v) is 2.20. The molecule has 0 aliphatic carbocycles. The van der Waals surface area contributed by atoms with Crippen LogP contribution in [0.15, 0.2) is 35.2 Å². The van der Waals surface area contributed by atoms with E-state index in [9.17, 15) is 13.2 Å². The zero-order valence-corrected chi connectivity index (χ0v) is 9.16. The Morgan fingerprint density at radius 3 is 2.31 bits per heavy atom. The normalized spacial score (nSPS) is 10.3. The minimum atomic E-state index is -3.56. The summed E-state index contributed by atoms with van der Waals surface area (Å²) in [6.07, 6.45) is 0. The van der Waals surface area contributed by atoms with Crippen molar-refractivity contribution in [3.8, 4) is 0 Å². The molecule has 0 saturated carbocycles. The number of esters is 1. The van der Waals surface area contributed by atoms with Crippen molar-refractivity contribution in [3.05, 3.63) is 30.3 Å². The Hall–Kier alpha value is -0.360. The number of hydrogen-bond donors (Lipinski definition) is 0. The Labute approximate surface area is 117 Å². The van der Waals surface area contributed by atoms with Crippen molar-refractivity contribution in [1.29, 1.82) is 0 Å². The van der Waals surface area contributed by atoms with E-state index in [0.29, 0.717) is 0 Å². The molecule has 0 saturated heterocycles. The molecule has 0 aliphatic heterocycles. The molecule has 1 rings (SSSR count). The van der Waals surface area contributed by atoms with E-state index in [4.69, 9.17) is 0 Å². The number of ether oxygens (including phenoxy) is 1. The van der Waals surface area contributed by atoms with Crippen LogP contribution in [0.3, 0.4) is 0 Å². The summed E-state index contributed by atoms with van der Waals surface area (Å²) < 4.78 is 27.8. The van der Waals surface area contributed by atoms with Gasteiger partial charge in [0.2, 0.25) is 0 Å². The van der Waals surface area contributed by atoms with Crippen molar-refractivity contribution in [2.75, 3.05) is 12.4 Å². The van der Waals surface area contributed by atoms with Gasteiger partial charge in [0.1, 0.15) is 0 Å². The molecular weight excluding hydrogens is 239 g/mol. The first kappa shape index (κ1) is 15.6. The maximum atomic E-state index is 11.6. The molecule has 6 heteroatoms. The molecule has 84 valence electrons. The molecule has 16 heavy (non-hydrogen) atoms. The first-order chi connectivity index (χ1) is 7.06. The van der Waals surface area contributed by atoms with E-state index in [2.05, 4.69) is 4.74 Å². The topological polar surface area (TPSA) is 60.4 Å².